The molecule has 0 saturated carbocycles. The molecule has 0 spiro atoms. The summed E-state index contributed by atoms with van der Waals surface area (Å²) in [6.45, 7) is 9.46. The standard InChI is InChI=1S/C26H30N2O5/c1-25(2,3)33-24(30)26(4,5)32-22-13-11-21(12-14-22)23(29)31-18-20-15-27-28(17-20)16-19-9-7-6-8-10-19/h6-15,17H,16,18H2,1-5H3. The van der Waals surface area contributed by atoms with Crippen LogP contribution in [0.2, 0.25) is 0 Å². The summed E-state index contributed by atoms with van der Waals surface area (Å²) in [6, 6.07) is 16.4. The van der Waals surface area contributed by atoms with E-state index in [0.29, 0.717) is 17.9 Å². The van der Waals surface area contributed by atoms with Crippen LogP contribution in [0, 0.1) is 0 Å². The number of rotatable bonds is 8. The zero-order valence-electron chi connectivity index (χ0n) is 19.7. The normalized spacial score (nSPS) is 11.7. The molecule has 3 aromatic rings. The molecule has 0 aliphatic heterocycles. The van der Waals surface area contributed by atoms with Gasteiger partial charge in [-0.3, -0.25) is 4.68 Å². The van der Waals surface area contributed by atoms with Crippen molar-refractivity contribution in [3.05, 3.63) is 83.7 Å². The predicted molar refractivity (Wildman–Crippen MR) is 124 cm³/mol. The smallest absolute Gasteiger partial charge is 0.350 e. The summed E-state index contributed by atoms with van der Waals surface area (Å²) in [5.41, 5.74) is 0.548. The van der Waals surface area contributed by atoms with Crippen molar-refractivity contribution in [2.75, 3.05) is 0 Å². The zero-order chi connectivity index (χ0) is 24.1. The van der Waals surface area contributed by atoms with Gasteiger partial charge in [-0.2, -0.15) is 5.10 Å². The van der Waals surface area contributed by atoms with Crippen LogP contribution >= 0.6 is 0 Å². The van der Waals surface area contributed by atoms with Crippen LogP contribution in [0.1, 0.15) is 56.1 Å². The molecule has 0 radical (unpaired) electrons. The number of hydrogen-bond donors (Lipinski definition) is 0. The Labute approximate surface area is 194 Å². The minimum absolute atomic E-state index is 0.123. The lowest BCUT2D eigenvalue weighted by Crippen LogP contribution is -2.43. The van der Waals surface area contributed by atoms with E-state index in [0.717, 1.165) is 11.1 Å². The molecule has 2 aromatic carbocycles. The number of carbonyl (C=O) groups excluding carboxylic acids is 2. The number of esters is 2. The second-order valence-corrected chi connectivity index (χ2v) is 9.25. The van der Waals surface area contributed by atoms with Gasteiger partial charge in [0.05, 0.1) is 18.3 Å². The first-order valence-electron chi connectivity index (χ1n) is 10.8. The number of aromatic nitrogens is 2. The molecule has 0 unspecified atom stereocenters. The van der Waals surface area contributed by atoms with Gasteiger partial charge in [-0.1, -0.05) is 30.3 Å². The lowest BCUT2D eigenvalue weighted by atomic mass is 10.1. The Morgan fingerprint density at radius 1 is 0.909 bits per heavy atom. The lowest BCUT2D eigenvalue weighted by Gasteiger charge is -2.29. The van der Waals surface area contributed by atoms with Crippen molar-refractivity contribution < 1.29 is 23.8 Å². The minimum atomic E-state index is -1.17. The van der Waals surface area contributed by atoms with Crippen LogP contribution in [-0.2, 0) is 27.4 Å². The zero-order valence-corrected chi connectivity index (χ0v) is 19.7. The van der Waals surface area contributed by atoms with E-state index in [1.54, 1.807) is 69.8 Å². The Bertz CT molecular complexity index is 1080. The van der Waals surface area contributed by atoms with Crippen molar-refractivity contribution in [3.63, 3.8) is 0 Å². The van der Waals surface area contributed by atoms with E-state index in [1.807, 2.05) is 36.5 Å². The van der Waals surface area contributed by atoms with Gasteiger partial charge in [-0.25, -0.2) is 9.59 Å². The summed E-state index contributed by atoms with van der Waals surface area (Å²) in [7, 11) is 0. The summed E-state index contributed by atoms with van der Waals surface area (Å²) in [6.07, 6.45) is 3.54. The van der Waals surface area contributed by atoms with Gasteiger partial charge in [0.1, 0.15) is 18.0 Å². The van der Waals surface area contributed by atoms with Crippen LogP contribution < -0.4 is 4.74 Å². The molecule has 0 fully saturated rings. The Morgan fingerprint density at radius 2 is 1.58 bits per heavy atom. The lowest BCUT2D eigenvalue weighted by molar-refractivity contribution is -0.170. The molecule has 0 N–H and O–H groups in total. The molecular formula is C26H30N2O5. The Kier molecular flexibility index (Phi) is 7.21. The first-order valence-corrected chi connectivity index (χ1v) is 10.8. The third-order valence-electron chi connectivity index (χ3n) is 4.60. The van der Waals surface area contributed by atoms with Gasteiger partial charge < -0.3 is 14.2 Å². The van der Waals surface area contributed by atoms with Gasteiger partial charge in [0.2, 0.25) is 0 Å². The largest absolute Gasteiger partial charge is 0.476 e. The van der Waals surface area contributed by atoms with Gasteiger partial charge in [0, 0.05) is 11.8 Å². The van der Waals surface area contributed by atoms with E-state index in [1.165, 1.54) is 0 Å². The number of hydrogen-bond acceptors (Lipinski definition) is 6. The Morgan fingerprint density at radius 3 is 2.21 bits per heavy atom. The number of benzene rings is 2. The monoisotopic (exact) mass is 450 g/mol. The molecule has 0 bridgehead atoms. The maximum absolute atomic E-state index is 12.4. The number of nitrogens with zero attached hydrogens (tertiary/aromatic N) is 2. The summed E-state index contributed by atoms with van der Waals surface area (Å²) in [5, 5.41) is 4.32. The third kappa shape index (κ3) is 7.20. The van der Waals surface area contributed by atoms with Crippen molar-refractivity contribution >= 4 is 11.9 Å². The maximum atomic E-state index is 12.4. The van der Waals surface area contributed by atoms with Gasteiger partial charge in [0.25, 0.3) is 0 Å². The van der Waals surface area contributed by atoms with E-state index in [4.69, 9.17) is 14.2 Å². The fraction of sp³-hybridized carbons (Fsp3) is 0.346. The van der Waals surface area contributed by atoms with Crippen LogP contribution in [0.15, 0.2) is 67.0 Å². The molecule has 7 nitrogen and oxygen atoms in total. The average molecular weight is 451 g/mol. The van der Waals surface area contributed by atoms with Crippen molar-refractivity contribution in [2.24, 2.45) is 0 Å². The van der Waals surface area contributed by atoms with E-state index in [9.17, 15) is 9.59 Å². The van der Waals surface area contributed by atoms with Crippen LogP contribution in [0.25, 0.3) is 0 Å². The SMILES string of the molecule is CC(C)(C)OC(=O)C(C)(C)Oc1ccc(C(=O)OCc2cnn(Cc3ccccc3)c2)cc1. The highest BCUT2D eigenvalue weighted by Crippen LogP contribution is 2.22. The summed E-state index contributed by atoms with van der Waals surface area (Å²) < 4.78 is 18.4. The predicted octanol–water partition coefficient (Wildman–Crippen LogP) is 4.79. The second-order valence-electron chi connectivity index (χ2n) is 9.25. The first-order chi connectivity index (χ1) is 15.5. The average Bonchev–Trinajstić information content (AvgIpc) is 3.19. The van der Waals surface area contributed by atoms with E-state index < -0.39 is 23.1 Å². The molecule has 0 aliphatic rings. The van der Waals surface area contributed by atoms with Crippen LogP contribution in [0.5, 0.6) is 5.75 Å². The molecule has 33 heavy (non-hydrogen) atoms. The molecule has 7 heteroatoms. The number of ether oxygens (including phenoxy) is 3. The molecule has 1 aromatic heterocycles. The number of carbonyl (C=O) groups is 2. The first kappa shape index (κ1) is 24.0. The summed E-state index contributed by atoms with van der Waals surface area (Å²) >= 11 is 0. The molecule has 174 valence electrons. The fourth-order valence-corrected chi connectivity index (χ4v) is 2.97. The van der Waals surface area contributed by atoms with Crippen molar-refractivity contribution in [2.45, 2.75) is 59.0 Å². The molecule has 3 rings (SSSR count). The molecular weight excluding hydrogens is 420 g/mol. The minimum Gasteiger partial charge on any atom is -0.476 e. The summed E-state index contributed by atoms with van der Waals surface area (Å²) in [4.78, 5) is 24.8. The van der Waals surface area contributed by atoms with Crippen molar-refractivity contribution in [1.29, 1.82) is 0 Å². The molecule has 0 saturated heterocycles. The Balaban J connectivity index is 1.53. The molecule has 1 heterocycles. The van der Waals surface area contributed by atoms with Crippen LogP contribution in [-0.4, -0.2) is 32.9 Å². The highest BCUT2D eigenvalue weighted by Gasteiger charge is 2.34. The highest BCUT2D eigenvalue weighted by molar-refractivity contribution is 5.89. The van der Waals surface area contributed by atoms with Gasteiger partial charge in [-0.05, 0) is 64.4 Å². The van der Waals surface area contributed by atoms with Gasteiger partial charge >= 0.3 is 11.9 Å². The molecule has 0 atom stereocenters. The molecule has 0 aliphatic carbocycles. The Hall–Kier alpha value is -3.61. The fourth-order valence-electron chi connectivity index (χ4n) is 2.97. The molecule has 0 amide bonds. The maximum Gasteiger partial charge on any atom is 0.350 e. The second kappa shape index (κ2) is 9.90. The quantitative estimate of drug-likeness (QED) is 0.459. The van der Waals surface area contributed by atoms with Gasteiger partial charge in [-0.15, -0.1) is 0 Å². The summed E-state index contributed by atoms with van der Waals surface area (Å²) in [5.74, 6) is -0.473. The van der Waals surface area contributed by atoms with Crippen LogP contribution in [0.4, 0.5) is 0 Å². The van der Waals surface area contributed by atoms with Gasteiger partial charge in [0.15, 0.2) is 5.60 Å². The van der Waals surface area contributed by atoms with E-state index in [2.05, 4.69) is 5.10 Å². The van der Waals surface area contributed by atoms with Crippen LogP contribution in [0.3, 0.4) is 0 Å². The topological polar surface area (TPSA) is 79.7 Å². The van der Waals surface area contributed by atoms with Crippen molar-refractivity contribution in [1.82, 2.24) is 9.78 Å². The van der Waals surface area contributed by atoms with E-state index >= 15 is 0 Å². The van der Waals surface area contributed by atoms with Crippen molar-refractivity contribution in [3.8, 4) is 5.75 Å². The third-order valence-corrected chi connectivity index (χ3v) is 4.60. The van der Waals surface area contributed by atoms with E-state index in [-0.39, 0.29) is 6.61 Å². The highest BCUT2D eigenvalue weighted by atomic mass is 16.6.